The number of hydrogen-bond acceptors (Lipinski definition) is 6. The van der Waals surface area contributed by atoms with Crippen molar-refractivity contribution in [3.8, 4) is 10.7 Å². The first-order chi connectivity index (χ1) is 12.2. The monoisotopic (exact) mass is 373 g/mol. The molecule has 0 unspecified atom stereocenters. The quantitative estimate of drug-likeness (QED) is 0.509. The Hall–Kier alpha value is -2.32. The highest BCUT2D eigenvalue weighted by Crippen LogP contribution is 2.25. The highest BCUT2D eigenvalue weighted by atomic mass is 32.2. The van der Waals surface area contributed by atoms with Crippen molar-refractivity contribution in [3.63, 3.8) is 0 Å². The van der Waals surface area contributed by atoms with Crippen LogP contribution in [-0.4, -0.2) is 38.0 Å². The van der Waals surface area contributed by atoms with E-state index in [1.165, 1.54) is 16.4 Å². The summed E-state index contributed by atoms with van der Waals surface area (Å²) in [6, 6.07) is 13.8. The number of rotatable bonds is 7. The molecule has 0 fully saturated rings. The summed E-state index contributed by atoms with van der Waals surface area (Å²) in [6.45, 7) is 3.24. The van der Waals surface area contributed by atoms with Crippen LogP contribution in [0.5, 0.6) is 0 Å². The number of amides is 1. The van der Waals surface area contributed by atoms with Gasteiger partial charge in [0.1, 0.15) is 0 Å². The van der Waals surface area contributed by atoms with E-state index < -0.39 is 0 Å². The molecule has 0 aliphatic rings. The first-order valence-corrected chi connectivity index (χ1v) is 9.74. The molecule has 6 nitrogen and oxygen atoms in total. The zero-order valence-electron chi connectivity index (χ0n) is 13.8. The van der Waals surface area contributed by atoms with Gasteiger partial charge in [0.25, 0.3) is 0 Å². The lowest BCUT2D eigenvalue weighted by Gasteiger charge is -2.20. The van der Waals surface area contributed by atoms with Crippen LogP contribution in [0, 0.1) is 0 Å². The van der Waals surface area contributed by atoms with E-state index in [-0.39, 0.29) is 11.7 Å². The van der Waals surface area contributed by atoms with Crippen molar-refractivity contribution in [1.29, 1.82) is 0 Å². The summed E-state index contributed by atoms with van der Waals surface area (Å²) in [4.78, 5) is 15.3. The SMILES string of the molecule is CCN(Cc1ccccc1)C(=O)CSc1nnc(-c2cccs2)n1N. The molecule has 3 aromatic rings. The predicted octanol–water partition coefficient (Wildman–Crippen LogP) is 2.86. The van der Waals surface area contributed by atoms with E-state index in [0.29, 0.717) is 24.1 Å². The van der Waals surface area contributed by atoms with Crippen LogP contribution in [0.15, 0.2) is 53.0 Å². The van der Waals surface area contributed by atoms with Crippen LogP contribution in [0.3, 0.4) is 0 Å². The fourth-order valence-corrected chi connectivity index (χ4v) is 3.81. The molecule has 130 valence electrons. The number of nitrogens with zero attached hydrogens (tertiary/aromatic N) is 4. The molecule has 0 spiro atoms. The smallest absolute Gasteiger partial charge is 0.233 e. The molecule has 0 aliphatic heterocycles. The lowest BCUT2D eigenvalue weighted by atomic mass is 10.2. The van der Waals surface area contributed by atoms with Gasteiger partial charge in [0.2, 0.25) is 11.1 Å². The first kappa shape index (κ1) is 17.5. The Morgan fingerprint density at radius 2 is 2.04 bits per heavy atom. The summed E-state index contributed by atoms with van der Waals surface area (Å²) in [5, 5.41) is 10.7. The third kappa shape index (κ3) is 4.21. The van der Waals surface area contributed by atoms with Crippen LogP contribution in [0.2, 0.25) is 0 Å². The highest BCUT2D eigenvalue weighted by molar-refractivity contribution is 7.99. The molecule has 8 heteroatoms. The Morgan fingerprint density at radius 1 is 1.24 bits per heavy atom. The Labute approximate surface area is 154 Å². The number of aromatic nitrogens is 3. The summed E-state index contributed by atoms with van der Waals surface area (Å²) in [6.07, 6.45) is 0. The second-order valence-corrected chi connectivity index (χ2v) is 7.23. The van der Waals surface area contributed by atoms with Crippen LogP contribution >= 0.6 is 23.1 Å². The molecular formula is C17H19N5OS2. The molecule has 0 saturated heterocycles. The van der Waals surface area contributed by atoms with Crippen LogP contribution < -0.4 is 5.84 Å². The minimum Gasteiger partial charge on any atom is -0.338 e. The number of nitrogen functional groups attached to an aromatic ring is 1. The standard InChI is InChI=1S/C17H19N5OS2/c1-2-21(11-13-7-4-3-5-8-13)15(23)12-25-17-20-19-16(22(17)18)14-9-6-10-24-14/h3-10H,2,11-12,18H2,1H3. The average molecular weight is 374 g/mol. The van der Waals surface area contributed by atoms with Gasteiger partial charge in [-0.15, -0.1) is 21.5 Å². The van der Waals surface area contributed by atoms with Gasteiger partial charge in [-0.05, 0) is 23.9 Å². The summed E-state index contributed by atoms with van der Waals surface area (Å²) >= 11 is 2.86. The second kappa shape index (κ2) is 8.17. The number of thiophene rings is 1. The minimum absolute atomic E-state index is 0.0528. The lowest BCUT2D eigenvalue weighted by molar-refractivity contribution is -0.128. The molecule has 0 bridgehead atoms. The van der Waals surface area contributed by atoms with Gasteiger partial charge in [-0.3, -0.25) is 4.79 Å². The number of benzene rings is 1. The second-order valence-electron chi connectivity index (χ2n) is 5.34. The molecule has 25 heavy (non-hydrogen) atoms. The van der Waals surface area contributed by atoms with Crippen LogP contribution in [0.1, 0.15) is 12.5 Å². The average Bonchev–Trinajstić information content (AvgIpc) is 3.28. The summed E-state index contributed by atoms with van der Waals surface area (Å²) in [5.41, 5.74) is 1.12. The molecule has 2 heterocycles. The van der Waals surface area contributed by atoms with Gasteiger partial charge >= 0.3 is 0 Å². The molecular weight excluding hydrogens is 354 g/mol. The molecule has 2 N–H and O–H groups in total. The van der Waals surface area contributed by atoms with E-state index in [4.69, 9.17) is 5.84 Å². The van der Waals surface area contributed by atoms with Crippen molar-refractivity contribution >= 4 is 29.0 Å². The normalized spacial score (nSPS) is 10.8. The highest BCUT2D eigenvalue weighted by Gasteiger charge is 2.17. The topological polar surface area (TPSA) is 77.0 Å². The molecule has 3 rings (SSSR count). The summed E-state index contributed by atoms with van der Waals surface area (Å²) in [7, 11) is 0. The maximum Gasteiger partial charge on any atom is 0.233 e. The molecule has 1 aromatic carbocycles. The van der Waals surface area contributed by atoms with Crippen molar-refractivity contribution in [2.24, 2.45) is 0 Å². The Morgan fingerprint density at radius 3 is 2.72 bits per heavy atom. The van der Waals surface area contributed by atoms with E-state index >= 15 is 0 Å². The predicted molar refractivity (Wildman–Crippen MR) is 102 cm³/mol. The zero-order valence-corrected chi connectivity index (χ0v) is 15.5. The Kier molecular flexibility index (Phi) is 5.72. The van der Waals surface area contributed by atoms with Crippen molar-refractivity contribution < 1.29 is 4.79 Å². The molecule has 1 amide bonds. The van der Waals surface area contributed by atoms with Gasteiger partial charge in [0.05, 0.1) is 10.6 Å². The first-order valence-electron chi connectivity index (χ1n) is 7.88. The molecule has 0 saturated carbocycles. The van der Waals surface area contributed by atoms with Gasteiger partial charge in [0, 0.05) is 13.1 Å². The van der Waals surface area contributed by atoms with Gasteiger partial charge in [-0.2, -0.15) is 0 Å². The van der Waals surface area contributed by atoms with Gasteiger partial charge in [-0.1, -0.05) is 48.2 Å². The van der Waals surface area contributed by atoms with Gasteiger partial charge in [-0.25, -0.2) is 4.68 Å². The fraction of sp³-hybridized carbons (Fsp3) is 0.235. The Balaban J connectivity index is 1.61. The number of carbonyl (C=O) groups excluding carboxylic acids is 1. The van der Waals surface area contributed by atoms with Crippen molar-refractivity contribution in [2.45, 2.75) is 18.6 Å². The van der Waals surface area contributed by atoms with Crippen LogP contribution in [0.25, 0.3) is 10.7 Å². The third-order valence-corrected chi connectivity index (χ3v) is 5.48. The van der Waals surface area contributed by atoms with E-state index in [2.05, 4.69) is 10.2 Å². The van der Waals surface area contributed by atoms with Gasteiger partial charge in [0.15, 0.2) is 5.82 Å². The van der Waals surface area contributed by atoms with Gasteiger partial charge < -0.3 is 10.7 Å². The Bertz CT molecular complexity index is 817. The maximum absolute atomic E-state index is 12.5. The largest absolute Gasteiger partial charge is 0.338 e. The van der Waals surface area contributed by atoms with Crippen molar-refractivity contribution in [3.05, 3.63) is 53.4 Å². The lowest BCUT2D eigenvalue weighted by Crippen LogP contribution is -2.31. The molecule has 0 radical (unpaired) electrons. The van der Waals surface area contributed by atoms with Crippen LogP contribution in [0.4, 0.5) is 0 Å². The minimum atomic E-state index is 0.0528. The zero-order chi connectivity index (χ0) is 17.6. The summed E-state index contributed by atoms with van der Waals surface area (Å²) in [5.74, 6) is 7.01. The van der Waals surface area contributed by atoms with Crippen LogP contribution in [-0.2, 0) is 11.3 Å². The fourth-order valence-electron chi connectivity index (χ4n) is 2.35. The van der Waals surface area contributed by atoms with E-state index in [9.17, 15) is 4.79 Å². The maximum atomic E-state index is 12.5. The number of carbonyl (C=O) groups is 1. The van der Waals surface area contributed by atoms with E-state index in [0.717, 1.165) is 10.4 Å². The summed E-state index contributed by atoms with van der Waals surface area (Å²) < 4.78 is 1.44. The number of nitrogens with two attached hydrogens (primary N) is 1. The number of thioether (sulfide) groups is 1. The molecule has 0 atom stereocenters. The molecule has 2 aromatic heterocycles. The third-order valence-electron chi connectivity index (χ3n) is 3.68. The van der Waals surface area contributed by atoms with Crippen molar-refractivity contribution in [1.82, 2.24) is 19.8 Å². The van der Waals surface area contributed by atoms with E-state index in [1.807, 2.05) is 59.7 Å². The number of hydrogen-bond donors (Lipinski definition) is 1. The molecule has 0 aliphatic carbocycles. The van der Waals surface area contributed by atoms with Crippen molar-refractivity contribution in [2.75, 3.05) is 18.1 Å². The van der Waals surface area contributed by atoms with E-state index in [1.54, 1.807) is 11.3 Å².